The van der Waals surface area contributed by atoms with Crippen molar-refractivity contribution in [2.24, 2.45) is 0 Å². The van der Waals surface area contributed by atoms with E-state index in [1.165, 1.54) is 4.88 Å². The van der Waals surface area contributed by atoms with Crippen LogP contribution >= 0.6 is 22.9 Å². The second-order valence-corrected chi connectivity index (χ2v) is 6.46. The monoisotopic (exact) mass is 338 g/mol. The maximum atomic E-state index is 11.9. The van der Waals surface area contributed by atoms with Crippen LogP contribution in [0.15, 0.2) is 41.8 Å². The van der Waals surface area contributed by atoms with Crippen molar-refractivity contribution in [2.45, 2.75) is 6.04 Å². The molecule has 2 aromatic rings. The van der Waals surface area contributed by atoms with Crippen LogP contribution in [0.2, 0.25) is 5.02 Å². The van der Waals surface area contributed by atoms with Gasteiger partial charge in [0.25, 0.3) is 5.91 Å². The van der Waals surface area contributed by atoms with E-state index >= 15 is 0 Å². The van der Waals surface area contributed by atoms with Crippen LogP contribution in [0.4, 0.5) is 0 Å². The lowest BCUT2D eigenvalue weighted by atomic mass is 10.2. The maximum Gasteiger partial charge on any atom is 0.258 e. The molecule has 0 aliphatic rings. The lowest BCUT2D eigenvalue weighted by molar-refractivity contribution is -0.123. The van der Waals surface area contributed by atoms with Crippen LogP contribution in [0.1, 0.15) is 10.9 Å². The number of hydrogen-bond donors (Lipinski definition) is 1. The normalized spacial score (nSPS) is 12.2. The molecule has 6 heteroatoms. The number of likely N-dealkylation sites (N-methyl/N-ethyl adjacent to an activating group) is 1. The molecule has 0 aliphatic carbocycles. The molecule has 0 radical (unpaired) electrons. The minimum absolute atomic E-state index is 0.00772. The van der Waals surface area contributed by atoms with Crippen molar-refractivity contribution in [3.63, 3.8) is 0 Å². The molecule has 2 rings (SSSR count). The standard InChI is InChI=1S/C16H19ClN2O2S/c1-19(2)14(15-4-3-9-22-15)10-18-16(20)11-21-13-7-5-12(17)6-8-13/h3-9,14H,10-11H2,1-2H3,(H,18,20)/t14-/m1/s1. The molecule has 0 spiro atoms. The Balaban J connectivity index is 1.80. The van der Waals surface area contributed by atoms with Crippen LogP contribution in [-0.2, 0) is 4.79 Å². The van der Waals surface area contributed by atoms with Crippen molar-refractivity contribution in [3.05, 3.63) is 51.7 Å². The lowest BCUT2D eigenvalue weighted by Gasteiger charge is -2.23. The molecular formula is C16H19ClN2O2S. The first-order valence-corrected chi connectivity index (χ1v) is 8.17. The molecule has 1 heterocycles. The van der Waals surface area contributed by atoms with Gasteiger partial charge in [0.2, 0.25) is 0 Å². The number of rotatable bonds is 7. The maximum absolute atomic E-state index is 11.9. The van der Waals surface area contributed by atoms with Crippen molar-refractivity contribution in [2.75, 3.05) is 27.2 Å². The molecule has 1 atom stereocenters. The van der Waals surface area contributed by atoms with Crippen molar-refractivity contribution < 1.29 is 9.53 Å². The number of carbonyl (C=O) groups excluding carboxylic acids is 1. The summed E-state index contributed by atoms with van der Waals surface area (Å²) in [5.41, 5.74) is 0. The summed E-state index contributed by atoms with van der Waals surface area (Å²) in [6.07, 6.45) is 0. The minimum Gasteiger partial charge on any atom is -0.484 e. The zero-order valence-electron chi connectivity index (χ0n) is 12.6. The summed E-state index contributed by atoms with van der Waals surface area (Å²) in [7, 11) is 4.00. The first kappa shape index (κ1) is 16.8. The predicted octanol–water partition coefficient (Wildman–Crippen LogP) is 3.20. The van der Waals surface area contributed by atoms with Crippen molar-refractivity contribution in [3.8, 4) is 5.75 Å². The fourth-order valence-corrected chi connectivity index (χ4v) is 3.01. The second kappa shape index (κ2) is 8.17. The molecule has 118 valence electrons. The number of carbonyl (C=O) groups is 1. The molecule has 0 unspecified atom stereocenters. The highest BCUT2D eigenvalue weighted by Crippen LogP contribution is 2.22. The van der Waals surface area contributed by atoms with Gasteiger partial charge in [0.1, 0.15) is 5.75 Å². The van der Waals surface area contributed by atoms with Gasteiger partial charge in [0.15, 0.2) is 6.61 Å². The van der Waals surface area contributed by atoms with Gasteiger partial charge >= 0.3 is 0 Å². The molecule has 22 heavy (non-hydrogen) atoms. The third-order valence-electron chi connectivity index (χ3n) is 3.17. The summed E-state index contributed by atoms with van der Waals surface area (Å²) >= 11 is 7.48. The Kier molecular flexibility index (Phi) is 6.24. The topological polar surface area (TPSA) is 41.6 Å². The molecular weight excluding hydrogens is 320 g/mol. The number of ether oxygens (including phenoxy) is 1. The van der Waals surface area contributed by atoms with Gasteiger partial charge in [-0.2, -0.15) is 0 Å². The van der Waals surface area contributed by atoms with E-state index in [9.17, 15) is 4.79 Å². The molecule has 1 aromatic carbocycles. The molecule has 0 saturated carbocycles. The van der Waals surface area contributed by atoms with Crippen molar-refractivity contribution in [1.82, 2.24) is 10.2 Å². The fraction of sp³-hybridized carbons (Fsp3) is 0.312. The Labute approximate surface area is 139 Å². The van der Waals surface area contributed by atoms with E-state index in [1.807, 2.05) is 25.5 Å². The predicted molar refractivity (Wildman–Crippen MR) is 90.7 cm³/mol. The van der Waals surface area contributed by atoms with Crippen LogP contribution < -0.4 is 10.1 Å². The highest BCUT2D eigenvalue weighted by Gasteiger charge is 2.16. The van der Waals surface area contributed by atoms with E-state index in [1.54, 1.807) is 35.6 Å². The first-order valence-electron chi connectivity index (χ1n) is 6.91. The van der Waals surface area contributed by atoms with E-state index < -0.39 is 0 Å². The van der Waals surface area contributed by atoms with Crippen LogP contribution in [0.3, 0.4) is 0 Å². The highest BCUT2D eigenvalue weighted by atomic mass is 35.5. The minimum atomic E-state index is -0.140. The third-order valence-corrected chi connectivity index (χ3v) is 4.40. The van der Waals surface area contributed by atoms with Gasteiger partial charge in [0, 0.05) is 16.4 Å². The summed E-state index contributed by atoms with van der Waals surface area (Å²) in [5.74, 6) is 0.486. The lowest BCUT2D eigenvalue weighted by Crippen LogP contribution is -2.36. The third kappa shape index (κ3) is 5.02. The Morgan fingerprint density at radius 3 is 2.64 bits per heavy atom. The molecule has 0 bridgehead atoms. The van der Waals surface area contributed by atoms with Crippen LogP contribution in [0.5, 0.6) is 5.75 Å². The van der Waals surface area contributed by atoms with Gasteiger partial charge in [-0.25, -0.2) is 0 Å². The first-order chi connectivity index (χ1) is 10.6. The number of halogens is 1. The summed E-state index contributed by atoms with van der Waals surface area (Å²) in [6.45, 7) is 0.544. The van der Waals surface area contributed by atoms with E-state index in [0.717, 1.165) is 0 Å². The Hall–Kier alpha value is -1.56. The SMILES string of the molecule is CN(C)[C@H](CNC(=O)COc1ccc(Cl)cc1)c1cccs1. The van der Waals surface area contributed by atoms with E-state index in [4.69, 9.17) is 16.3 Å². The van der Waals surface area contributed by atoms with Crippen LogP contribution in [-0.4, -0.2) is 38.1 Å². The van der Waals surface area contributed by atoms with E-state index in [-0.39, 0.29) is 18.6 Å². The van der Waals surface area contributed by atoms with Crippen molar-refractivity contribution >= 4 is 28.8 Å². The Morgan fingerprint density at radius 2 is 2.05 bits per heavy atom. The summed E-state index contributed by atoms with van der Waals surface area (Å²) in [4.78, 5) is 15.2. The smallest absolute Gasteiger partial charge is 0.258 e. The number of amides is 1. The largest absolute Gasteiger partial charge is 0.484 e. The Morgan fingerprint density at radius 1 is 1.32 bits per heavy atom. The molecule has 1 N–H and O–H groups in total. The van der Waals surface area contributed by atoms with Gasteiger partial charge in [-0.05, 0) is 49.8 Å². The highest BCUT2D eigenvalue weighted by molar-refractivity contribution is 7.10. The zero-order valence-corrected chi connectivity index (χ0v) is 14.2. The van der Waals surface area contributed by atoms with Gasteiger partial charge < -0.3 is 15.0 Å². The molecule has 1 amide bonds. The quantitative estimate of drug-likeness (QED) is 0.843. The molecule has 0 saturated heterocycles. The molecule has 4 nitrogen and oxygen atoms in total. The average molecular weight is 339 g/mol. The van der Waals surface area contributed by atoms with Crippen LogP contribution in [0, 0.1) is 0 Å². The number of hydrogen-bond acceptors (Lipinski definition) is 4. The molecule has 0 fully saturated rings. The number of nitrogens with one attached hydrogen (secondary N) is 1. The number of nitrogens with zero attached hydrogens (tertiary/aromatic N) is 1. The van der Waals surface area contributed by atoms with E-state index in [2.05, 4.69) is 16.3 Å². The zero-order chi connectivity index (χ0) is 15.9. The van der Waals surface area contributed by atoms with Gasteiger partial charge in [-0.15, -0.1) is 11.3 Å². The fourth-order valence-electron chi connectivity index (χ4n) is 1.96. The molecule has 1 aromatic heterocycles. The number of thiophene rings is 1. The van der Waals surface area contributed by atoms with Gasteiger partial charge in [-0.1, -0.05) is 17.7 Å². The van der Waals surface area contributed by atoms with Crippen LogP contribution in [0.25, 0.3) is 0 Å². The summed E-state index contributed by atoms with van der Waals surface area (Å²) in [5, 5.41) is 5.59. The van der Waals surface area contributed by atoms with E-state index in [0.29, 0.717) is 17.3 Å². The van der Waals surface area contributed by atoms with Gasteiger partial charge in [-0.3, -0.25) is 4.79 Å². The summed E-state index contributed by atoms with van der Waals surface area (Å²) in [6, 6.07) is 11.2. The van der Waals surface area contributed by atoms with Crippen molar-refractivity contribution in [1.29, 1.82) is 0 Å². The second-order valence-electron chi connectivity index (χ2n) is 5.04. The van der Waals surface area contributed by atoms with Gasteiger partial charge in [0.05, 0.1) is 6.04 Å². The Bertz CT molecular complexity index is 585. The average Bonchev–Trinajstić information content (AvgIpc) is 3.00. The molecule has 0 aliphatic heterocycles. The number of benzene rings is 1. The summed E-state index contributed by atoms with van der Waals surface area (Å²) < 4.78 is 5.42.